The van der Waals surface area contributed by atoms with E-state index in [0.29, 0.717) is 16.2 Å². The van der Waals surface area contributed by atoms with Crippen molar-refractivity contribution in [3.05, 3.63) is 16.2 Å². The Morgan fingerprint density at radius 2 is 2.18 bits per heavy atom. The number of halogens is 1. The first-order valence-electron chi connectivity index (χ1n) is 5.16. The number of fused-ring (bicyclic) bond motifs is 1. The fraction of sp³-hybridized carbons (Fsp3) is 0.500. The Labute approximate surface area is 111 Å². The molecule has 2 aromatic heterocycles. The Morgan fingerprint density at radius 3 is 2.76 bits per heavy atom. The molecule has 0 N–H and O–H groups in total. The van der Waals surface area contributed by atoms with Crippen molar-refractivity contribution in [2.75, 3.05) is 6.26 Å². The van der Waals surface area contributed by atoms with E-state index in [0.717, 1.165) is 17.2 Å². The van der Waals surface area contributed by atoms with E-state index in [4.69, 9.17) is 11.6 Å². The largest absolute Gasteiger partial charge is 0.296 e. The van der Waals surface area contributed by atoms with E-state index in [-0.39, 0.29) is 5.56 Å². The summed E-state index contributed by atoms with van der Waals surface area (Å²) < 4.78 is 2.40. The maximum absolute atomic E-state index is 12.2. The van der Waals surface area contributed by atoms with E-state index >= 15 is 0 Å². The van der Waals surface area contributed by atoms with Gasteiger partial charge in [-0.1, -0.05) is 23.1 Å². The maximum Gasteiger partial charge on any atom is 0.280 e. The first-order chi connectivity index (χ1) is 8.05. The van der Waals surface area contributed by atoms with E-state index in [1.807, 2.05) is 6.26 Å². The van der Waals surface area contributed by atoms with Crippen LogP contribution >= 0.6 is 34.7 Å². The molecule has 0 aliphatic heterocycles. The van der Waals surface area contributed by atoms with Crippen LogP contribution in [0.1, 0.15) is 18.7 Å². The molecule has 17 heavy (non-hydrogen) atoms. The van der Waals surface area contributed by atoms with Crippen LogP contribution in [0, 0.1) is 0 Å². The molecule has 1 saturated carbocycles. The van der Waals surface area contributed by atoms with Crippen LogP contribution in [0.5, 0.6) is 0 Å². The van der Waals surface area contributed by atoms with Crippen molar-refractivity contribution in [1.82, 2.24) is 14.5 Å². The molecule has 0 spiro atoms. The first-order valence-corrected chi connectivity index (χ1v) is 7.58. The van der Waals surface area contributed by atoms with E-state index < -0.39 is 4.87 Å². The van der Waals surface area contributed by atoms with Gasteiger partial charge in [0.15, 0.2) is 14.7 Å². The van der Waals surface area contributed by atoms with Crippen LogP contribution in [-0.2, 0) is 11.9 Å². The zero-order valence-corrected chi connectivity index (χ0v) is 11.7. The van der Waals surface area contributed by atoms with Gasteiger partial charge in [0, 0.05) is 7.05 Å². The van der Waals surface area contributed by atoms with E-state index in [2.05, 4.69) is 9.97 Å². The van der Waals surface area contributed by atoms with Gasteiger partial charge in [0.25, 0.3) is 5.56 Å². The molecule has 0 saturated heterocycles. The Hall–Kier alpha value is -0.590. The third kappa shape index (κ3) is 1.70. The predicted octanol–water partition coefficient (Wildman–Crippen LogP) is 2.34. The summed E-state index contributed by atoms with van der Waals surface area (Å²) in [5.74, 6) is 0.674. The SMILES string of the molecule is CSc1nc2c(=O)n(C)c(C3(Cl)CC3)nc2s1. The smallest absolute Gasteiger partial charge is 0.280 e. The summed E-state index contributed by atoms with van der Waals surface area (Å²) in [7, 11) is 1.71. The number of hydrogen-bond acceptors (Lipinski definition) is 5. The third-order valence-corrected chi connectivity index (χ3v) is 5.37. The average molecular weight is 288 g/mol. The number of rotatable bonds is 2. The zero-order valence-electron chi connectivity index (χ0n) is 9.36. The fourth-order valence-electron chi connectivity index (χ4n) is 1.76. The highest BCUT2D eigenvalue weighted by Gasteiger charge is 2.46. The molecule has 1 aliphatic carbocycles. The van der Waals surface area contributed by atoms with Crippen LogP contribution in [0.4, 0.5) is 0 Å². The second-order valence-corrected chi connectivity index (χ2v) is 6.86. The first kappa shape index (κ1) is 11.5. The van der Waals surface area contributed by atoms with Crippen LogP contribution in [0.15, 0.2) is 9.13 Å². The van der Waals surface area contributed by atoms with Crippen molar-refractivity contribution < 1.29 is 0 Å². The van der Waals surface area contributed by atoms with Gasteiger partial charge in [0.2, 0.25) is 0 Å². The Kier molecular flexibility index (Phi) is 2.50. The molecular weight excluding hydrogens is 278 g/mol. The summed E-state index contributed by atoms with van der Waals surface area (Å²) in [5, 5.41) is 0. The van der Waals surface area contributed by atoms with Crippen LogP contribution in [0.2, 0.25) is 0 Å². The lowest BCUT2D eigenvalue weighted by Crippen LogP contribution is -2.25. The van der Waals surface area contributed by atoms with Crippen molar-refractivity contribution in [2.45, 2.75) is 22.1 Å². The van der Waals surface area contributed by atoms with Gasteiger partial charge in [-0.05, 0) is 19.1 Å². The van der Waals surface area contributed by atoms with Crippen LogP contribution < -0.4 is 5.56 Å². The van der Waals surface area contributed by atoms with Gasteiger partial charge < -0.3 is 0 Å². The van der Waals surface area contributed by atoms with Gasteiger partial charge in [-0.2, -0.15) is 0 Å². The summed E-state index contributed by atoms with van der Waals surface area (Å²) in [4.78, 5) is 21.2. The molecule has 1 aliphatic rings. The fourth-order valence-corrected chi connectivity index (χ4v) is 3.44. The number of hydrogen-bond donors (Lipinski definition) is 0. The minimum atomic E-state index is -0.425. The molecule has 1 fully saturated rings. The minimum Gasteiger partial charge on any atom is -0.296 e. The summed E-state index contributed by atoms with van der Waals surface area (Å²) in [6.45, 7) is 0. The third-order valence-electron chi connectivity index (χ3n) is 2.89. The Morgan fingerprint density at radius 1 is 1.47 bits per heavy atom. The summed E-state index contributed by atoms with van der Waals surface area (Å²) in [6.07, 6.45) is 3.70. The highest BCUT2D eigenvalue weighted by molar-refractivity contribution is 8.00. The molecular formula is C10H10ClN3OS2. The molecule has 0 aromatic carbocycles. The standard InChI is InChI=1S/C10H10ClN3OS2/c1-14-7(15)5-6(17-9(12-5)16-2)13-8(14)10(11)3-4-10/h3-4H2,1-2H3. The van der Waals surface area contributed by atoms with Gasteiger partial charge in [0.05, 0.1) is 0 Å². The number of alkyl halides is 1. The molecule has 0 amide bonds. The van der Waals surface area contributed by atoms with E-state index in [1.165, 1.54) is 27.7 Å². The summed E-state index contributed by atoms with van der Waals surface area (Å²) >= 11 is 9.32. The monoisotopic (exact) mass is 287 g/mol. The van der Waals surface area contributed by atoms with Gasteiger partial charge in [-0.25, -0.2) is 9.97 Å². The summed E-state index contributed by atoms with van der Waals surface area (Å²) in [5.41, 5.74) is 0.347. The number of aromatic nitrogens is 3. The molecule has 2 aromatic rings. The number of thiazole rings is 1. The van der Waals surface area contributed by atoms with E-state index in [9.17, 15) is 4.79 Å². The topological polar surface area (TPSA) is 47.8 Å². The lowest BCUT2D eigenvalue weighted by atomic mass is 10.3. The number of nitrogens with zero attached hydrogens (tertiary/aromatic N) is 3. The molecule has 3 rings (SSSR count). The quantitative estimate of drug-likeness (QED) is 0.628. The van der Waals surface area contributed by atoms with Crippen LogP contribution in [0.25, 0.3) is 10.3 Å². The molecule has 2 heterocycles. The highest BCUT2D eigenvalue weighted by atomic mass is 35.5. The zero-order chi connectivity index (χ0) is 12.2. The molecule has 0 radical (unpaired) electrons. The average Bonchev–Trinajstić information content (AvgIpc) is 2.92. The second kappa shape index (κ2) is 3.70. The Balaban J connectivity index is 2.32. The molecule has 90 valence electrons. The van der Waals surface area contributed by atoms with Crippen LogP contribution in [-0.4, -0.2) is 20.8 Å². The van der Waals surface area contributed by atoms with Crippen molar-refractivity contribution in [2.24, 2.45) is 7.05 Å². The van der Waals surface area contributed by atoms with Gasteiger partial charge in [-0.3, -0.25) is 9.36 Å². The van der Waals surface area contributed by atoms with Gasteiger partial charge in [-0.15, -0.1) is 11.6 Å². The summed E-state index contributed by atoms with van der Waals surface area (Å²) in [6, 6.07) is 0. The molecule has 7 heteroatoms. The van der Waals surface area contributed by atoms with Crippen molar-refractivity contribution in [1.29, 1.82) is 0 Å². The molecule has 4 nitrogen and oxygen atoms in total. The molecule has 0 atom stereocenters. The Bertz CT molecular complexity index is 659. The minimum absolute atomic E-state index is 0.103. The highest BCUT2D eigenvalue weighted by Crippen LogP contribution is 2.51. The van der Waals surface area contributed by atoms with Crippen LogP contribution in [0.3, 0.4) is 0 Å². The van der Waals surface area contributed by atoms with Gasteiger partial charge in [0.1, 0.15) is 10.7 Å². The molecule has 0 bridgehead atoms. The molecule has 0 unspecified atom stereocenters. The van der Waals surface area contributed by atoms with Gasteiger partial charge >= 0.3 is 0 Å². The number of thioether (sulfide) groups is 1. The maximum atomic E-state index is 12.2. The normalized spacial score (nSPS) is 17.6. The van der Waals surface area contributed by atoms with Crippen molar-refractivity contribution in [3.8, 4) is 0 Å². The lowest BCUT2D eigenvalue weighted by Gasteiger charge is -2.10. The van der Waals surface area contributed by atoms with Crippen molar-refractivity contribution in [3.63, 3.8) is 0 Å². The second-order valence-electron chi connectivity index (χ2n) is 4.10. The van der Waals surface area contributed by atoms with Crippen molar-refractivity contribution >= 4 is 45.0 Å². The predicted molar refractivity (Wildman–Crippen MR) is 71.2 cm³/mol. The lowest BCUT2D eigenvalue weighted by molar-refractivity contribution is 0.715. The van der Waals surface area contributed by atoms with E-state index in [1.54, 1.807) is 7.05 Å².